The summed E-state index contributed by atoms with van der Waals surface area (Å²) in [4.78, 5) is 0. The minimum Gasteiger partial charge on any atom is -0.0806 e. The third-order valence-electron chi connectivity index (χ3n) is 4.64. The van der Waals surface area contributed by atoms with E-state index in [-0.39, 0.29) is 0 Å². The van der Waals surface area contributed by atoms with Crippen molar-refractivity contribution < 1.29 is 0 Å². The van der Waals surface area contributed by atoms with E-state index >= 15 is 0 Å². The number of fused-ring (bicyclic) bond motifs is 4. The SMILES string of the molecule is [B]c1c2c(c(Br)c3ccccc13)-c1cccc3cccc-2c13. The molecule has 0 heterocycles. The van der Waals surface area contributed by atoms with Crippen LogP contribution in [0.5, 0.6) is 0 Å². The Labute approximate surface area is 138 Å². The molecule has 0 fully saturated rings. The average Bonchev–Trinajstić information content (AvgIpc) is 2.90. The maximum atomic E-state index is 6.57. The third kappa shape index (κ3) is 1.39. The van der Waals surface area contributed by atoms with Gasteiger partial charge < -0.3 is 0 Å². The fraction of sp³-hybridized carbons (Fsp3) is 0. The van der Waals surface area contributed by atoms with Gasteiger partial charge in [-0.25, -0.2) is 0 Å². The zero-order valence-electron chi connectivity index (χ0n) is 11.7. The molecule has 0 nitrogen and oxygen atoms in total. The highest BCUT2D eigenvalue weighted by molar-refractivity contribution is 9.10. The van der Waals surface area contributed by atoms with E-state index in [0.29, 0.717) is 0 Å². The minimum atomic E-state index is 0.873. The Morgan fingerprint density at radius 2 is 1.32 bits per heavy atom. The quantitative estimate of drug-likeness (QED) is 0.340. The maximum Gasteiger partial charge on any atom is 0.115 e. The van der Waals surface area contributed by atoms with Crippen molar-refractivity contribution in [3.8, 4) is 22.3 Å². The standard InChI is InChI=1S/C20H10BBr/c21-19-12-7-1-2-8-13(12)20(22)18-15-10-4-6-11-5-3-9-14(16(11)15)17(18)19/h1-10H. The van der Waals surface area contributed by atoms with Gasteiger partial charge in [-0.3, -0.25) is 0 Å². The van der Waals surface area contributed by atoms with Gasteiger partial charge in [0.1, 0.15) is 7.85 Å². The van der Waals surface area contributed by atoms with Crippen LogP contribution in [0, 0.1) is 0 Å². The Morgan fingerprint density at radius 1 is 0.682 bits per heavy atom. The predicted octanol–water partition coefficient (Wildman–Crippen LogP) is 5.20. The van der Waals surface area contributed by atoms with Crippen molar-refractivity contribution in [1.29, 1.82) is 0 Å². The minimum absolute atomic E-state index is 0.873. The summed E-state index contributed by atoms with van der Waals surface area (Å²) in [5.41, 5.74) is 5.78. The molecule has 4 aromatic carbocycles. The van der Waals surface area contributed by atoms with Gasteiger partial charge in [0.15, 0.2) is 0 Å². The summed E-state index contributed by atoms with van der Waals surface area (Å²) < 4.78 is 1.14. The van der Waals surface area contributed by atoms with E-state index in [9.17, 15) is 0 Å². The molecule has 2 radical (unpaired) electrons. The van der Waals surface area contributed by atoms with Gasteiger partial charge >= 0.3 is 0 Å². The summed E-state index contributed by atoms with van der Waals surface area (Å²) in [7, 11) is 6.57. The van der Waals surface area contributed by atoms with Crippen molar-refractivity contribution in [2.45, 2.75) is 0 Å². The summed E-state index contributed by atoms with van der Waals surface area (Å²) in [5, 5.41) is 4.85. The number of halogens is 1. The topological polar surface area (TPSA) is 0 Å². The lowest BCUT2D eigenvalue weighted by Crippen LogP contribution is -2.09. The van der Waals surface area contributed by atoms with Crippen LogP contribution >= 0.6 is 15.9 Å². The molecule has 0 N–H and O–H groups in total. The van der Waals surface area contributed by atoms with Crippen molar-refractivity contribution in [1.82, 2.24) is 0 Å². The van der Waals surface area contributed by atoms with E-state index < -0.39 is 0 Å². The summed E-state index contributed by atoms with van der Waals surface area (Å²) in [6.07, 6.45) is 0. The molecule has 0 spiro atoms. The normalized spacial score (nSPS) is 12.0. The Hall–Kier alpha value is -2.06. The van der Waals surface area contributed by atoms with E-state index in [2.05, 4.69) is 70.5 Å². The molecule has 100 valence electrons. The Morgan fingerprint density at radius 3 is 2.05 bits per heavy atom. The molecule has 0 amide bonds. The summed E-state index contributed by atoms with van der Waals surface area (Å²) >= 11 is 3.84. The Bertz CT molecular complexity index is 1010. The molecule has 0 unspecified atom stereocenters. The van der Waals surface area contributed by atoms with Gasteiger partial charge in [-0.2, -0.15) is 0 Å². The predicted molar refractivity (Wildman–Crippen MR) is 99.0 cm³/mol. The van der Waals surface area contributed by atoms with Gasteiger partial charge in [-0.1, -0.05) is 66.1 Å². The highest BCUT2D eigenvalue weighted by Crippen LogP contribution is 2.50. The van der Waals surface area contributed by atoms with Crippen molar-refractivity contribution in [3.63, 3.8) is 0 Å². The van der Waals surface area contributed by atoms with Crippen LogP contribution in [0.4, 0.5) is 0 Å². The molecule has 2 heteroatoms. The lowest BCUT2D eigenvalue weighted by atomic mass is 9.82. The van der Waals surface area contributed by atoms with E-state index in [1.165, 1.54) is 32.8 Å². The van der Waals surface area contributed by atoms with E-state index in [1.807, 2.05) is 6.07 Å². The highest BCUT2D eigenvalue weighted by atomic mass is 79.9. The monoisotopic (exact) mass is 340 g/mol. The molecule has 0 bridgehead atoms. The average molecular weight is 341 g/mol. The molecule has 1 aliphatic rings. The molecular weight excluding hydrogens is 331 g/mol. The molecule has 1 aliphatic carbocycles. The van der Waals surface area contributed by atoms with Gasteiger partial charge in [0.25, 0.3) is 0 Å². The Balaban J connectivity index is 2.10. The van der Waals surface area contributed by atoms with Crippen LogP contribution < -0.4 is 5.46 Å². The second kappa shape index (κ2) is 4.24. The van der Waals surface area contributed by atoms with Crippen LogP contribution in [0.2, 0.25) is 0 Å². The van der Waals surface area contributed by atoms with Gasteiger partial charge in [-0.05, 0) is 54.2 Å². The van der Waals surface area contributed by atoms with E-state index in [4.69, 9.17) is 7.85 Å². The zero-order valence-corrected chi connectivity index (χ0v) is 13.3. The molecule has 0 saturated heterocycles. The summed E-state index contributed by atoms with van der Waals surface area (Å²) in [6.45, 7) is 0. The summed E-state index contributed by atoms with van der Waals surface area (Å²) in [6, 6.07) is 21.2. The van der Waals surface area contributed by atoms with Crippen molar-refractivity contribution in [3.05, 3.63) is 65.1 Å². The third-order valence-corrected chi connectivity index (χ3v) is 5.46. The van der Waals surface area contributed by atoms with Gasteiger partial charge in [-0.15, -0.1) is 0 Å². The first kappa shape index (κ1) is 12.5. The van der Waals surface area contributed by atoms with Crippen LogP contribution in [0.1, 0.15) is 0 Å². The number of benzene rings is 4. The highest BCUT2D eigenvalue weighted by Gasteiger charge is 2.26. The van der Waals surface area contributed by atoms with E-state index in [0.717, 1.165) is 20.9 Å². The van der Waals surface area contributed by atoms with Gasteiger partial charge in [0.05, 0.1) is 0 Å². The van der Waals surface area contributed by atoms with Crippen LogP contribution in [-0.2, 0) is 0 Å². The van der Waals surface area contributed by atoms with Crippen molar-refractivity contribution in [2.75, 3.05) is 0 Å². The molecule has 22 heavy (non-hydrogen) atoms. The molecular formula is C20H10BBr. The first-order valence-corrected chi connectivity index (χ1v) is 8.09. The van der Waals surface area contributed by atoms with Gasteiger partial charge in [0, 0.05) is 10.0 Å². The first-order chi connectivity index (χ1) is 10.8. The first-order valence-electron chi connectivity index (χ1n) is 7.29. The van der Waals surface area contributed by atoms with Crippen LogP contribution in [0.3, 0.4) is 0 Å². The smallest absolute Gasteiger partial charge is 0.0806 e. The zero-order chi connectivity index (χ0) is 14.8. The van der Waals surface area contributed by atoms with Crippen LogP contribution in [0.25, 0.3) is 43.8 Å². The molecule has 0 saturated carbocycles. The lowest BCUT2D eigenvalue weighted by Gasteiger charge is -2.14. The molecule has 5 rings (SSSR count). The fourth-order valence-electron chi connectivity index (χ4n) is 3.71. The molecule has 0 aliphatic heterocycles. The molecule has 0 atom stereocenters. The molecule has 4 aromatic rings. The van der Waals surface area contributed by atoms with Crippen molar-refractivity contribution >= 4 is 50.8 Å². The van der Waals surface area contributed by atoms with E-state index in [1.54, 1.807) is 0 Å². The van der Waals surface area contributed by atoms with Crippen LogP contribution in [0.15, 0.2) is 65.1 Å². The lowest BCUT2D eigenvalue weighted by molar-refractivity contribution is 1.72. The second-order valence-corrected chi connectivity index (χ2v) is 6.53. The Kier molecular flexibility index (Phi) is 2.40. The number of hydrogen-bond acceptors (Lipinski definition) is 0. The molecule has 0 aromatic heterocycles. The number of hydrogen-bond donors (Lipinski definition) is 0. The van der Waals surface area contributed by atoms with Crippen molar-refractivity contribution in [2.24, 2.45) is 0 Å². The van der Waals surface area contributed by atoms with Gasteiger partial charge in [0.2, 0.25) is 0 Å². The largest absolute Gasteiger partial charge is 0.115 e. The fourth-order valence-corrected chi connectivity index (χ4v) is 4.47. The maximum absolute atomic E-state index is 6.57. The summed E-state index contributed by atoms with van der Waals surface area (Å²) in [5.74, 6) is 0. The van der Waals surface area contributed by atoms with Crippen LogP contribution in [-0.4, -0.2) is 7.85 Å². The second-order valence-electron chi connectivity index (χ2n) is 5.73. The number of rotatable bonds is 0.